The molecule has 0 unspecified atom stereocenters. The highest BCUT2D eigenvalue weighted by Crippen LogP contribution is 2.34. The zero-order chi connectivity index (χ0) is 22.5. The number of nitro groups is 1. The molecule has 2 saturated heterocycles. The van der Waals surface area contributed by atoms with Gasteiger partial charge in [0.05, 0.1) is 18.6 Å². The van der Waals surface area contributed by atoms with Crippen LogP contribution in [-0.4, -0.2) is 87.5 Å². The summed E-state index contributed by atoms with van der Waals surface area (Å²) < 4.78 is 5.24. The first-order valence-corrected chi connectivity index (χ1v) is 11.1. The summed E-state index contributed by atoms with van der Waals surface area (Å²) in [5.74, 6) is 0.831. The lowest BCUT2D eigenvalue weighted by atomic mass is 10.1. The van der Waals surface area contributed by atoms with Crippen molar-refractivity contribution in [1.82, 2.24) is 4.90 Å². The Labute approximate surface area is 188 Å². The number of rotatable bonds is 7. The van der Waals surface area contributed by atoms with Gasteiger partial charge in [-0.25, -0.2) is 0 Å². The Hall–Kier alpha value is -3.04. The molecule has 0 saturated carbocycles. The number of benzene rings is 2. The van der Waals surface area contributed by atoms with Crippen LogP contribution < -0.4 is 19.4 Å². The number of ether oxygens (including phenoxy) is 1. The standard InChI is InChI=1S/C23H31N5O4/c1-32-21-5-2-19(3-6-21)25-12-14-27(15-13-25)23-18-20(4-7-22(23)28(30)31)26-10-8-24(9-11-26)16-17-29/h2-7,18,29H,8-17H2,1H3. The normalized spacial score (nSPS) is 17.5. The molecular formula is C23H31N5O4. The number of nitrogens with zero attached hydrogens (tertiary/aromatic N) is 5. The van der Waals surface area contributed by atoms with Crippen LogP contribution in [0.4, 0.5) is 22.7 Å². The molecule has 0 amide bonds. The van der Waals surface area contributed by atoms with Crippen molar-refractivity contribution in [3.05, 3.63) is 52.6 Å². The molecule has 0 aliphatic carbocycles. The van der Waals surface area contributed by atoms with Crippen molar-refractivity contribution in [2.45, 2.75) is 0 Å². The molecule has 9 heteroatoms. The minimum absolute atomic E-state index is 0.158. The van der Waals surface area contributed by atoms with Crippen LogP contribution in [-0.2, 0) is 0 Å². The predicted molar refractivity (Wildman–Crippen MR) is 126 cm³/mol. The maximum absolute atomic E-state index is 11.7. The van der Waals surface area contributed by atoms with Crippen molar-refractivity contribution in [2.24, 2.45) is 0 Å². The molecule has 32 heavy (non-hydrogen) atoms. The molecule has 0 spiro atoms. The van der Waals surface area contributed by atoms with Gasteiger partial charge in [-0.15, -0.1) is 0 Å². The van der Waals surface area contributed by atoms with E-state index in [1.165, 1.54) is 0 Å². The number of nitro benzene ring substituents is 1. The third kappa shape index (κ3) is 4.89. The molecule has 9 nitrogen and oxygen atoms in total. The Kier molecular flexibility index (Phi) is 6.96. The molecule has 0 atom stereocenters. The molecule has 4 rings (SSSR count). The quantitative estimate of drug-likeness (QED) is 0.516. The largest absolute Gasteiger partial charge is 0.497 e. The van der Waals surface area contributed by atoms with Crippen LogP contribution in [0.15, 0.2) is 42.5 Å². The Balaban J connectivity index is 1.46. The van der Waals surface area contributed by atoms with Crippen molar-refractivity contribution in [3.8, 4) is 5.75 Å². The molecule has 0 bridgehead atoms. The van der Waals surface area contributed by atoms with Crippen LogP contribution >= 0.6 is 0 Å². The van der Waals surface area contributed by atoms with Gasteiger partial charge in [-0.3, -0.25) is 15.0 Å². The van der Waals surface area contributed by atoms with Crippen LogP contribution in [0, 0.1) is 10.1 Å². The highest BCUT2D eigenvalue weighted by atomic mass is 16.6. The Morgan fingerprint density at radius 2 is 1.44 bits per heavy atom. The molecule has 0 aromatic heterocycles. The fraction of sp³-hybridized carbons (Fsp3) is 0.478. The molecule has 2 aliphatic heterocycles. The van der Waals surface area contributed by atoms with Crippen LogP contribution in [0.3, 0.4) is 0 Å². The summed E-state index contributed by atoms with van der Waals surface area (Å²) in [6, 6.07) is 13.5. The molecule has 0 radical (unpaired) electrons. The van der Waals surface area contributed by atoms with E-state index in [9.17, 15) is 10.1 Å². The van der Waals surface area contributed by atoms with Gasteiger partial charge in [0.25, 0.3) is 5.69 Å². The second kappa shape index (κ2) is 10.1. The van der Waals surface area contributed by atoms with Crippen molar-refractivity contribution in [2.75, 3.05) is 87.3 Å². The molecule has 2 aromatic carbocycles. The maximum Gasteiger partial charge on any atom is 0.292 e. The molecule has 2 heterocycles. The number of hydrogen-bond acceptors (Lipinski definition) is 8. The fourth-order valence-corrected chi connectivity index (χ4v) is 4.49. The summed E-state index contributed by atoms with van der Waals surface area (Å²) in [5, 5.41) is 20.9. The first-order valence-electron chi connectivity index (χ1n) is 11.1. The van der Waals surface area contributed by atoms with Crippen LogP contribution in [0.5, 0.6) is 5.75 Å². The van der Waals surface area contributed by atoms with E-state index in [0.29, 0.717) is 12.2 Å². The Bertz CT molecular complexity index is 907. The van der Waals surface area contributed by atoms with Gasteiger partial charge in [0, 0.05) is 76.3 Å². The zero-order valence-electron chi connectivity index (χ0n) is 18.5. The minimum atomic E-state index is -0.284. The van der Waals surface area contributed by atoms with Gasteiger partial charge in [-0.1, -0.05) is 0 Å². The van der Waals surface area contributed by atoms with Crippen molar-refractivity contribution in [1.29, 1.82) is 0 Å². The van der Waals surface area contributed by atoms with Gasteiger partial charge in [0.15, 0.2) is 0 Å². The second-order valence-corrected chi connectivity index (χ2v) is 8.15. The highest BCUT2D eigenvalue weighted by molar-refractivity contribution is 5.71. The van der Waals surface area contributed by atoms with Gasteiger partial charge in [0.2, 0.25) is 0 Å². The van der Waals surface area contributed by atoms with Crippen molar-refractivity contribution >= 4 is 22.7 Å². The van der Waals surface area contributed by atoms with E-state index in [1.54, 1.807) is 13.2 Å². The number of methoxy groups -OCH3 is 1. The van der Waals surface area contributed by atoms with E-state index in [4.69, 9.17) is 9.84 Å². The molecule has 2 fully saturated rings. The SMILES string of the molecule is COc1ccc(N2CCN(c3cc(N4CCN(CCO)CC4)ccc3[N+](=O)[O-])CC2)cc1. The lowest BCUT2D eigenvalue weighted by Gasteiger charge is -2.38. The predicted octanol–water partition coefficient (Wildman–Crippen LogP) is 2.04. The van der Waals surface area contributed by atoms with E-state index in [2.05, 4.69) is 19.6 Å². The van der Waals surface area contributed by atoms with Gasteiger partial charge in [0.1, 0.15) is 11.4 Å². The maximum atomic E-state index is 11.7. The third-order valence-electron chi connectivity index (χ3n) is 6.37. The number of aliphatic hydroxyl groups is 1. The van der Waals surface area contributed by atoms with E-state index >= 15 is 0 Å². The number of β-amino-alcohol motifs (C(OH)–C–C–N with tert-alkyl or cyclic N) is 1. The number of anilines is 3. The fourth-order valence-electron chi connectivity index (χ4n) is 4.49. The van der Waals surface area contributed by atoms with Crippen LogP contribution in [0.2, 0.25) is 0 Å². The summed E-state index contributed by atoms with van der Waals surface area (Å²) >= 11 is 0. The Morgan fingerprint density at radius 1 is 0.875 bits per heavy atom. The zero-order valence-corrected chi connectivity index (χ0v) is 18.5. The highest BCUT2D eigenvalue weighted by Gasteiger charge is 2.26. The lowest BCUT2D eigenvalue weighted by Crippen LogP contribution is -2.48. The minimum Gasteiger partial charge on any atom is -0.497 e. The molecule has 2 aliphatic rings. The van der Waals surface area contributed by atoms with Crippen molar-refractivity contribution < 1.29 is 14.8 Å². The first kappa shape index (κ1) is 22.2. The third-order valence-corrected chi connectivity index (χ3v) is 6.37. The topological polar surface area (TPSA) is 85.6 Å². The summed E-state index contributed by atoms with van der Waals surface area (Å²) in [4.78, 5) is 20.4. The van der Waals surface area contributed by atoms with E-state index in [1.807, 2.05) is 36.4 Å². The van der Waals surface area contributed by atoms with E-state index in [-0.39, 0.29) is 17.2 Å². The summed E-state index contributed by atoms with van der Waals surface area (Å²) in [7, 11) is 1.66. The Morgan fingerprint density at radius 3 is 2.03 bits per heavy atom. The molecule has 172 valence electrons. The molecule has 2 aromatic rings. The number of aliphatic hydroxyl groups excluding tert-OH is 1. The first-order chi connectivity index (χ1) is 15.6. The molecular weight excluding hydrogens is 410 g/mol. The van der Waals surface area contributed by atoms with Crippen LogP contribution in [0.25, 0.3) is 0 Å². The number of piperazine rings is 2. The number of hydrogen-bond donors (Lipinski definition) is 1. The van der Waals surface area contributed by atoms with Crippen LogP contribution in [0.1, 0.15) is 0 Å². The summed E-state index contributed by atoms with van der Waals surface area (Å²) in [6.07, 6.45) is 0. The average Bonchev–Trinajstić information content (AvgIpc) is 2.84. The van der Waals surface area contributed by atoms with Gasteiger partial charge < -0.3 is 24.5 Å². The van der Waals surface area contributed by atoms with Crippen molar-refractivity contribution in [3.63, 3.8) is 0 Å². The monoisotopic (exact) mass is 441 g/mol. The molecule has 1 N–H and O–H groups in total. The van der Waals surface area contributed by atoms with Gasteiger partial charge in [-0.2, -0.15) is 0 Å². The smallest absolute Gasteiger partial charge is 0.292 e. The average molecular weight is 442 g/mol. The second-order valence-electron chi connectivity index (χ2n) is 8.15. The van der Waals surface area contributed by atoms with Gasteiger partial charge >= 0.3 is 0 Å². The summed E-state index contributed by atoms with van der Waals surface area (Å²) in [6.45, 7) is 7.37. The lowest BCUT2D eigenvalue weighted by molar-refractivity contribution is -0.384. The summed E-state index contributed by atoms with van der Waals surface area (Å²) in [5.41, 5.74) is 3.01. The van der Waals surface area contributed by atoms with E-state index < -0.39 is 0 Å². The van der Waals surface area contributed by atoms with Gasteiger partial charge in [-0.05, 0) is 36.4 Å². The van der Waals surface area contributed by atoms with E-state index in [0.717, 1.165) is 69.5 Å².